The lowest BCUT2D eigenvalue weighted by molar-refractivity contribution is 0.0503. The van der Waals surface area contributed by atoms with Crippen molar-refractivity contribution in [3.8, 4) is 0 Å². The second kappa shape index (κ2) is 7.10. The van der Waals surface area contributed by atoms with Gasteiger partial charge in [-0.1, -0.05) is 6.92 Å². The maximum absolute atomic E-state index is 11.6. The standard InChI is InChI=1S/C14H28N2O3/c1-5-12(17)10-16-8-6-7-11(16)9-15-13(18)19-14(2,3)4/h11-12,17H,5-10H2,1-4H3,(H,15,18)/t11?,12-/m1/s1. The molecule has 5 nitrogen and oxygen atoms in total. The molecule has 112 valence electrons. The first-order chi connectivity index (χ1) is 8.81. The highest BCUT2D eigenvalue weighted by atomic mass is 16.6. The Hall–Kier alpha value is -0.810. The van der Waals surface area contributed by atoms with Gasteiger partial charge in [0.1, 0.15) is 5.60 Å². The van der Waals surface area contributed by atoms with Crippen LogP contribution in [0.25, 0.3) is 0 Å². The summed E-state index contributed by atoms with van der Waals surface area (Å²) in [5.74, 6) is 0. The van der Waals surface area contributed by atoms with E-state index in [0.717, 1.165) is 25.8 Å². The molecular formula is C14H28N2O3. The molecule has 1 saturated heterocycles. The summed E-state index contributed by atoms with van der Waals surface area (Å²) in [7, 11) is 0. The first-order valence-corrected chi connectivity index (χ1v) is 7.20. The first kappa shape index (κ1) is 16.2. The Bertz CT molecular complexity index is 289. The molecule has 1 fully saturated rings. The third-order valence-corrected chi connectivity index (χ3v) is 3.30. The van der Waals surface area contributed by atoms with Gasteiger partial charge in [0.15, 0.2) is 0 Å². The number of carbonyl (C=O) groups excluding carboxylic acids is 1. The van der Waals surface area contributed by atoms with Gasteiger partial charge in [0.25, 0.3) is 0 Å². The molecule has 1 heterocycles. The Morgan fingerprint density at radius 1 is 1.53 bits per heavy atom. The predicted molar refractivity (Wildman–Crippen MR) is 75.1 cm³/mol. The molecule has 0 aromatic carbocycles. The zero-order valence-electron chi connectivity index (χ0n) is 12.6. The van der Waals surface area contributed by atoms with Crippen molar-refractivity contribution in [2.75, 3.05) is 19.6 Å². The predicted octanol–water partition coefficient (Wildman–Crippen LogP) is 1.75. The quantitative estimate of drug-likeness (QED) is 0.800. The van der Waals surface area contributed by atoms with E-state index in [2.05, 4.69) is 10.2 Å². The Morgan fingerprint density at radius 2 is 2.21 bits per heavy atom. The number of aliphatic hydroxyl groups excluding tert-OH is 1. The van der Waals surface area contributed by atoms with Crippen molar-refractivity contribution in [3.05, 3.63) is 0 Å². The van der Waals surface area contributed by atoms with Crippen molar-refractivity contribution in [3.63, 3.8) is 0 Å². The molecule has 1 aliphatic rings. The molecule has 0 saturated carbocycles. The maximum Gasteiger partial charge on any atom is 0.407 e. The molecule has 0 aromatic heterocycles. The van der Waals surface area contributed by atoms with Gasteiger partial charge in [-0.3, -0.25) is 4.90 Å². The normalized spacial score (nSPS) is 22.3. The number of amides is 1. The molecule has 5 heteroatoms. The number of hydrogen-bond acceptors (Lipinski definition) is 4. The monoisotopic (exact) mass is 272 g/mol. The minimum atomic E-state index is -0.460. The fraction of sp³-hybridized carbons (Fsp3) is 0.929. The van der Waals surface area contributed by atoms with Crippen molar-refractivity contribution in [1.82, 2.24) is 10.2 Å². The highest BCUT2D eigenvalue weighted by Gasteiger charge is 2.26. The van der Waals surface area contributed by atoms with Crippen molar-refractivity contribution in [2.45, 2.75) is 64.7 Å². The molecule has 0 spiro atoms. The largest absolute Gasteiger partial charge is 0.444 e. The smallest absolute Gasteiger partial charge is 0.407 e. The molecule has 0 bridgehead atoms. The second-order valence-corrected chi connectivity index (χ2v) is 6.24. The van der Waals surface area contributed by atoms with Crippen LogP contribution in [-0.2, 0) is 4.74 Å². The number of likely N-dealkylation sites (tertiary alicyclic amines) is 1. The number of nitrogens with one attached hydrogen (secondary N) is 1. The van der Waals surface area contributed by atoms with Crippen LogP contribution in [0.5, 0.6) is 0 Å². The van der Waals surface area contributed by atoms with Crippen LogP contribution in [0.2, 0.25) is 0 Å². The van der Waals surface area contributed by atoms with Gasteiger partial charge in [0.05, 0.1) is 6.10 Å². The van der Waals surface area contributed by atoms with Gasteiger partial charge in [-0.15, -0.1) is 0 Å². The van der Waals surface area contributed by atoms with E-state index in [-0.39, 0.29) is 12.2 Å². The Labute approximate surface area is 116 Å². The lowest BCUT2D eigenvalue weighted by Gasteiger charge is -2.27. The Kier molecular flexibility index (Phi) is 6.07. The van der Waals surface area contributed by atoms with Gasteiger partial charge >= 0.3 is 6.09 Å². The lowest BCUT2D eigenvalue weighted by Crippen LogP contribution is -2.44. The molecule has 1 amide bonds. The summed E-state index contributed by atoms with van der Waals surface area (Å²) in [6, 6.07) is 0.314. The van der Waals surface area contributed by atoms with E-state index in [1.54, 1.807) is 0 Å². The number of alkyl carbamates (subject to hydrolysis) is 1. The van der Waals surface area contributed by atoms with Gasteiger partial charge in [-0.05, 0) is 46.6 Å². The van der Waals surface area contributed by atoms with Crippen molar-refractivity contribution < 1.29 is 14.6 Å². The summed E-state index contributed by atoms with van der Waals surface area (Å²) in [5, 5.41) is 12.5. The highest BCUT2D eigenvalue weighted by molar-refractivity contribution is 5.67. The van der Waals surface area contributed by atoms with Gasteiger partial charge < -0.3 is 15.2 Å². The summed E-state index contributed by atoms with van der Waals surface area (Å²) in [6.07, 6.45) is 2.31. The van der Waals surface area contributed by atoms with Gasteiger partial charge in [-0.25, -0.2) is 4.79 Å². The molecule has 1 aliphatic heterocycles. The number of β-amino-alcohol motifs (C(OH)–C–C–N with tert-alkyl or cyclic N) is 1. The van der Waals surface area contributed by atoms with Crippen LogP contribution in [0, 0.1) is 0 Å². The number of carbonyl (C=O) groups is 1. The van der Waals surface area contributed by atoms with Crippen molar-refractivity contribution >= 4 is 6.09 Å². The number of aliphatic hydroxyl groups is 1. The molecular weight excluding hydrogens is 244 g/mol. The molecule has 0 radical (unpaired) electrons. The van der Waals surface area contributed by atoms with Crippen LogP contribution in [0.3, 0.4) is 0 Å². The average molecular weight is 272 g/mol. The average Bonchev–Trinajstić information content (AvgIpc) is 2.71. The SMILES string of the molecule is CC[C@@H](O)CN1CCCC1CNC(=O)OC(C)(C)C. The summed E-state index contributed by atoms with van der Waals surface area (Å²) in [6.45, 7) is 9.82. The summed E-state index contributed by atoms with van der Waals surface area (Å²) in [5.41, 5.74) is -0.460. The van der Waals surface area contributed by atoms with Crippen LogP contribution in [0.15, 0.2) is 0 Å². The minimum absolute atomic E-state index is 0.276. The van der Waals surface area contributed by atoms with E-state index >= 15 is 0 Å². The lowest BCUT2D eigenvalue weighted by atomic mass is 10.2. The maximum atomic E-state index is 11.6. The van der Waals surface area contributed by atoms with Crippen molar-refractivity contribution in [2.24, 2.45) is 0 Å². The summed E-state index contributed by atoms with van der Waals surface area (Å²) < 4.78 is 5.22. The fourth-order valence-corrected chi connectivity index (χ4v) is 2.28. The van der Waals surface area contributed by atoms with E-state index in [0.29, 0.717) is 19.1 Å². The van der Waals surface area contributed by atoms with E-state index in [1.807, 2.05) is 27.7 Å². The zero-order chi connectivity index (χ0) is 14.5. The Morgan fingerprint density at radius 3 is 2.79 bits per heavy atom. The number of hydrogen-bond donors (Lipinski definition) is 2. The molecule has 0 aliphatic carbocycles. The van der Waals surface area contributed by atoms with E-state index in [9.17, 15) is 9.90 Å². The van der Waals surface area contributed by atoms with Gasteiger partial charge in [-0.2, -0.15) is 0 Å². The zero-order valence-corrected chi connectivity index (χ0v) is 12.6. The van der Waals surface area contributed by atoms with Gasteiger partial charge in [0, 0.05) is 19.1 Å². The number of ether oxygens (including phenoxy) is 1. The number of nitrogens with zero attached hydrogens (tertiary/aromatic N) is 1. The topological polar surface area (TPSA) is 61.8 Å². The molecule has 1 rings (SSSR count). The van der Waals surface area contributed by atoms with Crippen LogP contribution in [0.1, 0.15) is 47.0 Å². The highest BCUT2D eigenvalue weighted by Crippen LogP contribution is 2.17. The number of rotatable bonds is 5. The molecule has 2 atom stereocenters. The van der Waals surface area contributed by atoms with Crippen LogP contribution in [0.4, 0.5) is 4.79 Å². The molecule has 19 heavy (non-hydrogen) atoms. The second-order valence-electron chi connectivity index (χ2n) is 6.24. The summed E-state index contributed by atoms with van der Waals surface area (Å²) >= 11 is 0. The third-order valence-electron chi connectivity index (χ3n) is 3.30. The molecule has 2 N–H and O–H groups in total. The van der Waals surface area contributed by atoms with Gasteiger partial charge in [0.2, 0.25) is 0 Å². The first-order valence-electron chi connectivity index (χ1n) is 7.20. The third kappa shape index (κ3) is 6.25. The van der Waals surface area contributed by atoms with Crippen LogP contribution in [-0.4, -0.2) is 53.5 Å². The fourth-order valence-electron chi connectivity index (χ4n) is 2.28. The Balaban J connectivity index is 2.33. The van der Waals surface area contributed by atoms with Crippen LogP contribution >= 0.6 is 0 Å². The van der Waals surface area contributed by atoms with E-state index in [1.165, 1.54) is 0 Å². The summed E-state index contributed by atoms with van der Waals surface area (Å²) in [4.78, 5) is 13.9. The van der Waals surface area contributed by atoms with Crippen LogP contribution < -0.4 is 5.32 Å². The molecule has 1 unspecified atom stereocenters. The van der Waals surface area contributed by atoms with Crippen molar-refractivity contribution in [1.29, 1.82) is 0 Å². The minimum Gasteiger partial charge on any atom is -0.444 e. The van der Waals surface area contributed by atoms with E-state index < -0.39 is 5.60 Å². The molecule has 0 aromatic rings. The van der Waals surface area contributed by atoms with E-state index in [4.69, 9.17) is 4.74 Å².